The number of rotatable bonds is 4. The third-order valence-electron chi connectivity index (χ3n) is 2.28. The zero-order valence-corrected chi connectivity index (χ0v) is 9.14. The lowest BCUT2D eigenvalue weighted by Crippen LogP contribution is -2.26. The molecule has 0 saturated heterocycles. The van der Waals surface area contributed by atoms with Crippen molar-refractivity contribution in [2.75, 3.05) is 7.11 Å². The van der Waals surface area contributed by atoms with Crippen molar-refractivity contribution in [3.05, 3.63) is 18.0 Å². The molecule has 0 aliphatic rings. The molecule has 2 unspecified atom stereocenters. The molecule has 0 aromatic carbocycles. The zero-order valence-electron chi connectivity index (χ0n) is 9.14. The van der Waals surface area contributed by atoms with Gasteiger partial charge >= 0.3 is 0 Å². The fraction of sp³-hybridized carbons (Fsp3) is 0.700. The third kappa shape index (κ3) is 2.33. The number of aryl methyl sites for hydroxylation is 1. The number of methoxy groups -OCH3 is 1. The second-order valence-corrected chi connectivity index (χ2v) is 3.80. The molecule has 0 aliphatic carbocycles. The maximum atomic E-state index is 9.96. The Kier molecular flexibility index (Phi) is 3.66. The molecule has 1 aromatic heterocycles. The van der Waals surface area contributed by atoms with E-state index in [2.05, 4.69) is 5.10 Å². The van der Waals surface area contributed by atoms with Gasteiger partial charge in [0.1, 0.15) is 6.10 Å². The molecular formula is C10H18N2O2. The summed E-state index contributed by atoms with van der Waals surface area (Å²) in [7, 11) is 3.43. The van der Waals surface area contributed by atoms with E-state index in [1.807, 2.05) is 27.1 Å². The molecule has 14 heavy (non-hydrogen) atoms. The summed E-state index contributed by atoms with van der Waals surface area (Å²) in [6, 6.07) is 1.80. The van der Waals surface area contributed by atoms with Crippen LogP contribution in [0.5, 0.6) is 0 Å². The molecule has 4 nitrogen and oxygen atoms in total. The number of nitrogens with zero attached hydrogens (tertiary/aromatic N) is 2. The molecule has 0 amide bonds. The van der Waals surface area contributed by atoms with Crippen LogP contribution in [-0.4, -0.2) is 28.1 Å². The Morgan fingerprint density at radius 3 is 2.50 bits per heavy atom. The molecule has 0 bridgehead atoms. The summed E-state index contributed by atoms with van der Waals surface area (Å²) in [5, 5.41) is 14.1. The van der Waals surface area contributed by atoms with Gasteiger partial charge in [0.25, 0.3) is 0 Å². The topological polar surface area (TPSA) is 47.3 Å². The number of aromatic nitrogens is 2. The Morgan fingerprint density at radius 1 is 1.50 bits per heavy atom. The lowest BCUT2D eigenvalue weighted by Gasteiger charge is -2.23. The van der Waals surface area contributed by atoms with Crippen LogP contribution in [0.4, 0.5) is 0 Å². The van der Waals surface area contributed by atoms with Crippen LogP contribution in [0, 0.1) is 5.92 Å². The van der Waals surface area contributed by atoms with Crippen LogP contribution in [0.25, 0.3) is 0 Å². The van der Waals surface area contributed by atoms with Crippen molar-refractivity contribution in [3.8, 4) is 0 Å². The van der Waals surface area contributed by atoms with Gasteiger partial charge in [-0.25, -0.2) is 0 Å². The second kappa shape index (κ2) is 4.57. The van der Waals surface area contributed by atoms with Crippen molar-refractivity contribution in [2.45, 2.75) is 26.1 Å². The first kappa shape index (κ1) is 11.2. The molecule has 1 heterocycles. The fourth-order valence-electron chi connectivity index (χ4n) is 1.52. The van der Waals surface area contributed by atoms with E-state index in [0.29, 0.717) is 5.69 Å². The number of hydrogen-bond acceptors (Lipinski definition) is 3. The van der Waals surface area contributed by atoms with Gasteiger partial charge in [-0.2, -0.15) is 5.10 Å². The van der Waals surface area contributed by atoms with E-state index < -0.39 is 6.10 Å². The molecule has 0 radical (unpaired) electrons. The number of aliphatic hydroxyl groups excluding tert-OH is 1. The average molecular weight is 198 g/mol. The van der Waals surface area contributed by atoms with Gasteiger partial charge in [0.15, 0.2) is 0 Å². The lowest BCUT2D eigenvalue weighted by atomic mass is 10.00. The van der Waals surface area contributed by atoms with Crippen LogP contribution in [0.15, 0.2) is 12.3 Å². The van der Waals surface area contributed by atoms with E-state index in [9.17, 15) is 5.11 Å². The van der Waals surface area contributed by atoms with Crippen LogP contribution in [-0.2, 0) is 11.8 Å². The van der Waals surface area contributed by atoms with Gasteiger partial charge in [-0.05, 0) is 12.0 Å². The van der Waals surface area contributed by atoms with Crippen molar-refractivity contribution >= 4 is 0 Å². The zero-order chi connectivity index (χ0) is 10.7. The Balaban J connectivity index is 2.77. The van der Waals surface area contributed by atoms with Crippen LogP contribution >= 0.6 is 0 Å². The molecule has 80 valence electrons. The Bertz CT molecular complexity index is 283. The van der Waals surface area contributed by atoms with Gasteiger partial charge in [-0.1, -0.05) is 13.8 Å². The van der Waals surface area contributed by atoms with Crippen LogP contribution in [0.3, 0.4) is 0 Å². The van der Waals surface area contributed by atoms with Gasteiger partial charge in [-0.3, -0.25) is 4.68 Å². The van der Waals surface area contributed by atoms with Crippen LogP contribution < -0.4 is 0 Å². The molecule has 0 fully saturated rings. The summed E-state index contributed by atoms with van der Waals surface area (Å²) >= 11 is 0. The van der Waals surface area contributed by atoms with E-state index in [0.717, 1.165) is 0 Å². The predicted molar refractivity (Wildman–Crippen MR) is 53.8 cm³/mol. The molecule has 1 rings (SSSR count). The normalized spacial score (nSPS) is 15.9. The van der Waals surface area contributed by atoms with Crippen LogP contribution in [0.1, 0.15) is 25.6 Å². The molecule has 0 aliphatic heterocycles. The predicted octanol–water partition coefficient (Wildman–Crippen LogP) is 1.12. The van der Waals surface area contributed by atoms with Crippen molar-refractivity contribution in [1.82, 2.24) is 9.78 Å². The molecular weight excluding hydrogens is 180 g/mol. The number of aliphatic hydroxyl groups is 1. The number of hydrogen-bond donors (Lipinski definition) is 1. The fourth-order valence-corrected chi connectivity index (χ4v) is 1.52. The molecule has 1 aromatic rings. The van der Waals surface area contributed by atoms with E-state index in [-0.39, 0.29) is 12.0 Å². The largest absolute Gasteiger partial charge is 0.384 e. The van der Waals surface area contributed by atoms with Crippen molar-refractivity contribution in [3.63, 3.8) is 0 Å². The van der Waals surface area contributed by atoms with Crippen molar-refractivity contribution < 1.29 is 9.84 Å². The highest BCUT2D eigenvalue weighted by Gasteiger charge is 2.25. The quantitative estimate of drug-likeness (QED) is 0.788. The van der Waals surface area contributed by atoms with E-state index >= 15 is 0 Å². The number of ether oxygens (including phenoxy) is 1. The first-order chi connectivity index (χ1) is 6.56. The summed E-state index contributed by atoms with van der Waals surface area (Å²) in [6.07, 6.45) is 0.956. The highest BCUT2D eigenvalue weighted by molar-refractivity contribution is 5.05. The van der Waals surface area contributed by atoms with E-state index in [1.54, 1.807) is 17.9 Å². The highest BCUT2D eigenvalue weighted by atomic mass is 16.5. The van der Waals surface area contributed by atoms with Crippen molar-refractivity contribution in [2.24, 2.45) is 13.0 Å². The Labute approximate surface area is 84.5 Å². The third-order valence-corrected chi connectivity index (χ3v) is 2.28. The van der Waals surface area contributed by atoms with Gasteiger partial charge in [0, 0.05) is 20.4 Å². The molecule has 0 spiro atoms. The van der Waals surface area contributed by atoms with Gasteiger partial charge < -0.3 is 9.84 Å². The minimum Gasteiger partial charge on any atom is -0.384 e. The first-order valence-corrected chi connectivity index (χ1v) is 4.76. The summed E-state index contributed by atoms with van der Waals surface area (Å²) < 4.78 is 6.91. The van der Waals surface area contributed by atoms with Crippen molar-refractivity contribution in [1.29, 1.82) is 0 Å². The lowest BCUT2D eigenvalue weighted by molar-refractivity contribution is -0.0411. The minimum atomic E-state index is -0.652. The summed E-state index contributed by atoms with van der Waals surface area (Å²) in [5.74, 6) is 0.261. The summed E-state index contributed by atoms with van der Waals surface area (Å²) in [5.41, 5.74) is 0.660. The average Bonchev–Trinajstić information content (AvgIpc) is 2.52. The molecule has 0 saturated carbocycles. The van der Waals surface area contributed by atoms with Gasteiger partial charge in [0.05, 0.1) is 11.8 Å². The SMILES string of the molecule is COC(C(C)C)C(O)c1ccn(C)n1. The minimum absolute atomic E-state index is 0.204. The molecule has 1 N–H and O–H groups in total. The maximum absolute atomic E-state index is 9.96. The Hall–Kier alpha value is -0.870. The van der Waals surface area contributed by atoms with Gasteiger partial charge in [0.2, 0.25) is 0 Å². The molecule has 2 atom stereocenters. The highest BCUT2D eigenvalue weighted by Crippen LogP contribution is 2.22. The van der Waals surface area contributed by atoms with E-state index in [4.69, 9.17) is 4.74 Å². The second-order valence-electron chi connectivity index (χ2n) is 3.80. The van der Waals surface area contributed by atoms with Gasteiger partial charge in [-0.15, -0.1) is 0 Å². The summed E-state index contributed by atoms with van der Waals surface area (Å²) in [4.78, 5) is 0. The standard InChI is InChI=1S/C10H18N2O2/c1-7(2)10(14-4)9(13)8-5-6-12(3)11-8/h5-7,9-10,13H,1-4H3. The summed E-state index contributed by atoms with van der Waals surface area (Å²) in [6.45, 7) is 4.03. The van der Waals surface area contributed by atoms with E-state index in [1.165, 1.54) is 0 Å². The first-order valence-electron chi connectivity index (χ1n) is 4.76. The molecule has 4 heteroatoms. The Morgan fingerprint density at radius 2 is 2.14 bits per heavy atom. The maximum Gasteiger partial charge on any atom is 0.124 e. The smallest absolute Gasteiger partial charge is 0.124 e. The van der Waals surface area contributed by atoms with Crippen LogP contribution in [0.2, 0.25) is 0 Å². The monoisotopic (exact) mass is 198 g/mol.